The molecule has 518 valence electrons. The maximum atomic E-state index is 12.0. The van der Waals surface area contributed by atoms with Crippen LogP contribution in [0.1, 0.15) is 447 Å². The summed E-state index contributed by atoms with van der Waals surface area (Å²) >= 11 is 0. The van der Waals surface area contributed by atoms with Crippen molar-refractivity contribution < 1.29 is 21.2 Å². The van der Waals surface area contributed by atoms with E-state index in [0.717, 1.165) is 108 Å². The van der Waals surface area contributed by atoms with Crippen molar-refractivity contribution in [2.75, 3.05) is 0 Å². The molecular weight excluding hydrogens is 1120 g/mol. The van der Waals surface area contributed by atoms with Crippen molar-refractivity contribution in [1.29, 1.82) is 0 Å². The zero-order valence-corrected chi connectivity index (χ0v) is 62.7. The minimum Gasteiger partial charge on any atom is -0.493 e. The van der Waals surface area contributed by atoms with E-state index in [1.54, 1.807) is 15.8 Å². The molecule has 0 N–H and O–H groups in total. The standard InChI is InChI=1S/C38H56N2.2C24H49.Ni/c1-8-15-22-32-27-37(33-23-28(16-9-2)35(20-13-6)29(24-33)17-10-3)40(39)38(32)34-25-30(18-11-4)36(21-14-7)31(26-34)19-12-5;2*1-3-5-7-9-11-13-15-17-19-21-23-24-22-20-18-16-14-12-10-8-6-4-2;/h23-27H,8-22H2,1-7H3;2*1,3-24H2,2H3;/q;2*-1;+2. The monoisotopic (exact) mass is 1270 g/mol. The van der Waals surface area contributed by atoms with Crippen LogP contribution in [0.4, 0.5) is 0 Å². The van der Waals surface area contributed by atoms with Crippen LogP contribution in [-0.2, 0) is 55.0 Å². The van der Waals surface area contributed by atoms with E-state index in [4.69, 9.17) is 0 Å². The van der Waals surface area contributed by atoms with Gasteiger partial charge in [-0.3, -0.25) is 0 Å². The molecule has 0 amide bonds. The summed E-state index contributed by atoms with van der Waals surface area (Å²) in [5.74, 6) is 0. The van der Waals surface area contributed by atoms with E-state index in [9.17, 15) is 5.53 Å². The second-order valence-corrected chi connectivity index (χ2v) is 27.7. The second-order valence-electron chi connectivity index (χ2n) is 27.7. The Kier molecular flexibility index (Phi) is 63.3. The third-order valence-corrected chi connectivity index (χ3v) is 19.1. The number of aryl methyl sites for hydroxylation is 4. The number of hydrogen-bond acceptors (Lipinski definition) is 0. The van der Waals surface area contributed by atoms with E-state index in [2.05, 4.69) is 107 Å². The molecule has 0 unspecified atom stereocenters. The molecule has 1 heterocycles. The van der Waals surface area contributed by atoms with E-state index in [0.29, 0.717) is 0 Å². The van der Waals surface area contributed by atoms with Crippen LogP contribution in [-0.4, -0.2) is 4.70 Å². The Morgan fingerprint density at radius 3 is 0.719 bits per heavy atom. The van der Waals surface area contributed by atoms with Crippen LogP contribution in [0.2, 0.25) is 0 Å². The molecule has 1 aliphatic rings. The zero-order chi connectivity index (χ0) is 64.2. The number of hydrogen-bond donors (Lipinski definition) is 0. The van der Waals surface area contributed by atoms with Gasteiger partial charge in [0.1, 0.15) is 0 Å². The molecular formula is C86H154N2Ni. The Morgan fingerprint density at radius 1 is 0.270 bits per heavy atom. The van der Waals surface area contributed by atoms with Crippen LogP contribution in [0.15, 0.2) is 35.9 Å². The smallest absolute Gasteiger partial charge is 0.493 e. The molecule has 2 nitrogen and oxygen atoms in total. The summed E-state index contributed by atoms with van der Waals surface area (Å²) in [7, 11) is 0. The molecule has 2 aromatic rings. The summed E-state index contributed by atoms with van der Waals surface area (Å²) in [5, 5.41) is 0. The first-order chi connectivity index (χ1) is 43.3. The Labute approximate surface area is 570 Å². The molecule has 1 aliphatic heterocycles. The first-order valence-corrected chi connectivity index (χ1v) is 40.1. The van der Waals surface area contributed by atoms with Gasteiger partial charge in [0, 0.05) is 22.8 Å². The number of nitrogens with zero attached hydrogens (tertiary/aromatic N) is 2. The fourth-order valence-electron chi connectivity index (χ4n) is 13.8. The van der Waals surface area contributed by atoms with Crippen LogP contribution < -0.4 is 0 Å². The molecule has 2 aromatic carbocycles. The van der Waals surface area contributed by atoms with Gasteiger partial charge in [0.15, 0.2) is 0 Å². The maximum absolute atomic E-state index is 12.0. The van der Waals surface area contributed by atoms with Gasteiger partial charge in [0.05, 0.1) is 0 Å². The molecule has 0 saturated carbocycles. The predicted octanol–water partition coefficient (Wildman–Crippen LogP) is 30.2. The largest absolute Gasteiger partial charge is 2.00 e. The Bertz CT molecular complexity index is 1810. The van der Waals surface area contributed by atoms with E-state index < -0.39 is 0 Å². The van der Waals surface area contributed by atoms with Crippen LogP contribution in [0.3, 0.4) is 0 Å². The van der Waals surface area contributed by atoms with Crippen LogP contribution in [0.5, 0.6) is 0 Å². The van der Waals surface area contributed by atoms with Crippen molar-refractivity contribution in [2.24, 2.45) is 0 Å². The Hall–Kier alpha value is -1.99. The number of rotatable bonds is 59. The number of unbranched alkanes of at least 4 members (excludes halogenated alkanes) is 43. The van der Waals surface area contributed by atoms with Crippen LogP contribution in [0, 0.1) is 13.8 Å². The fourth-order valence-corrected chi connectivity index (χ4v) is 13.8. The Balaban J connectivity index is 0.00000138. The summed E-state index contributed by atoms with van der Waals surface area (Å²) in [6.45, 7) is 28.4. The Morgan fingerprint density at radius 2 is 0.494 bits per heavy atom. The molecule has 3 heteroatoms. The van der Waals surface area contributed by atoms with E-state index >= 15 is 0 Å². The van der Waals surface area contributed by atoms with Gasteiger partial charge < -0.3 is 19.4 Å². The molecule has 0 radical (unpaired) electrons. The molecule has 3 rings (SSSR count). The predicted molar refractivity (Wildman–Crippen MR) is 400 cm³/mol. The molecule has 0 atom stereocenters. The van der Waals surface area contributed by atoms with Crippen molar-refractivity contribution in [3.05, 3.63) is 99.8 Å². The van der Waals surface area contributed by atoms with Crippen molar-refractivity contribution in [1.82, 2.24) is 0 Å². The van der Waals surface area contributed by atoms with Gasteiger partial charge in [-0.15, -0.1) is 0 Å². The summed E-state index contributed by atoms with van der Waals surface area (Å²) in [5.41, 5.74) is 26.6. The number of benzene rings is 2. The molecule has 0 fully saturated rings. The second kappa shape index (κ2) is 64.7. The topological polar surface area (TPSA) is 25.3 Å². The number of allylic oxidation sites excluding steroid dienone is 2. The molecule has 89 heavy (non-hydrogen) atoms. The summed E-state index contributed by atoms with van der Waals surface area (Å²) < 4.78 is 1.55. The third-order valence-electron chi connectivity index (χ3n) is 19.1. The summed E-state index contributed by atoms with van der Waals surface area (Å²) in [4.78, 5) is 0. The van der Waals surface area contributed by atoms with E-state index in [1.165, 1.54) is 321 Å². The molecule has 0 aromatic heterocycles. The van der Waals surface area contributed by atoms with Crippen molar-refractivity contribution in [3.63, 3.8) is 0 Å². The van der Waals surface area contributed by atoms with Crippen LogP contribution in [0.25, 0.3) is 16.9 Å². The summed E-state index contributed by atoms with van der Waals surface area (Å²) in [6, 6.07) is 9.59. The quantitative estimate of drug-likeness (QED) is 0.0273. The first-order valence-electron chi connectivity index (χ1n) is 40.1. The average molecular weight is 1270 g/mol. The van der Waals surface area contributed by atoms with Gasteiger partial charge in [-0.05, 0) is 109 Å². The molecule has 0 spiro atoms. The van der Waals surface area contributed by atoms with Crippen molar-refractivity contribution in [2.45, 2.75) is 441 Å². The van der Waals surface area contributed by atoms with E-state index in [1.807, 2.05) is 0 Å². The van der Waals surface area contributed by atoms with Gasteiger partial charge in [-0.2, -0.15) is 12.8 Å². The molecule has 0 bridgehead atoms. The normalized spacial score (nSPS) is 12.1. The maximum Gasteiger partial charge on any atom is 2.00 e. The van der Waals surface area contributed by atoms with Gasteiger partial charge in [0.2, 0.25) is 11.4 Å². The third kappa shape index (κ3) is 43.6. The van der Waals surface area contributed by atoms with Crippen molar-refractivity contribution >= 4 is 11.4 Å². The van der Waals surface area contributed by atoms with Gasteiger partial charge in [0.25, 0.3) is 0 Å². The first kappa shape index (κ1) is 87.0. The van der Waals surface area contributed by atoms with Gasteiger partial charge in [-0.1, -0.05) is 377 Å². The molecule has 0 saturated heterocycles. The minimum absolute atomic E-state index is 0. The zero-order valence-electron chi connectivity index (χ0n) is 61.7. The molecule has 0 aliphatic carbocycles. The summed E-state index contributed by atoms with van der Waals surface area (Å²) in [6.07, 6.45) is 82.7. The van der Waals surface area contributed by atoms with Crippen molar-refractivity contribution in [3.8, 4) is 0 Å². The van der Waals surface area contributed by atoms with Gasteiger partial charge in [-0.25, -0.2) is 4.70 Å². The van der Waals surface area contributed by atoms with Crippen LogP contribution >= 0.6 is 0 Å². The minimum atomic E-state index is 0. The fraction of sp³-hybridized carbons (Fsp3) is 0.791. The van der Waals surface area contributed by atoms with Gasteiger partial charge >= 0.3 is 16.5 Å². The van der Waals surface area contributed by atoms with E-state index in [-0.39, 0.29) is 16.5 Å². The average Bonchev–Trinajstić information content (AvgIpc) is 1.72. The SMILES string of the molecule is CCCCC1=C(c2cc(CCC)c(CCC)c(CCC)c2)[N+](=[N-])C(c2cc(CCC)c(CCC)c(CCC)c2)=C1.[CH2-]CCCCCCCCCCCCCCCCCCCCCCC.[CH2-]CCCCCCCCCCCCCCCCCCCCCCC.[Ni+2].